The molecule has 0 aliphatic carbocycles. The fourth-order valence-electron chi connectivity index (χ4n) is 0.302. The van der Waals surface area contributed by atoms with E-state index in [4.69, 9.17) is 0 Å². The van der Waals surface area contributed by atoms with Crippen LogP contribution in [0.5, 0.6) is 0 Å². The molecule has 0 saturated carbocycles. The fraction of sp³-hybridized carbons (Fsp3) is 0.571. The number of thioether (sulfide) groups is 1. The lowest BCUT2D eigenvalue weighted by molar-refractivity contribution is 1.18. The molecule has 3 heteroatoms. The number of nitrogens with zero attached hydrogens (tertiary/aromatic N) is 1. The van der Waals surface area contributed by atoms with Crippen molar-refractivity contribution in [1.29, 1.82) is 0 Å². The number of amidine groups is 1. The summed E-state index contributed by atoms with van der Waals surface area (Å²) in [7, 11) is 3.57. The van der Waals surface area contributed by atoms with Crippen molar-refractivity contribution in [3.05, 3.63) is 12.0 Å². The van der Waals surface area contributed by atoms with E-state index in [1.165, 1.54) is 11.8 Å². The van der Waals surface area contributed by atoms with Gasteiger partial charge in [-0.1, -0.05) is 32.2 Å². The minimum absolute atomic E-state index is 0.889. The lowest BCUT2D eigenvalue weighted by Crippen LogP contribution is -2.12. The van der Waals surface area contributed by atoms with E-state index >= 15 is 0 Å². The normalized spacial score (nSPS) is 9.40. The predicted molar refractivity (Wildman–Crippen MR) is 51.6 cm³/mol. The van der Waals surface area contributed by atoms with Crippen LogP contribution in [0.25, 0.3) is 0 Å². The Morgan fingerprint density at radius 2 is 2.10 bits per heavy atom. The lowest BCUT2D eigenvalue weighted by Gasteiger charge is -1.96. The monoisotopic (exact) mass is 160 g/mol. The maximum Gasteiger partial charge on any atom is 0.160 e. The van der Waals surface area contributed by atoms with Crippen molar-refractivity contribution in [2.24, 2.45) is 4.99 Å². The Balaban J connectivity index is 0. The molecule has 0 radical (unpaired) electrons. The van der Waals surface area contributed by atoms with Crippen LogP contribution in [-0.4, -0.2) is 19.3 Å². The van der Waals surface area contributed by atoms with E-state index in [1.54, 1.807) is 12.5 Å². The molecule has 0 aliphatic heterocycles. The van der Waals surface area contributed by atoms with E-state index < -0.39 is 0 Å². The van der Waals surface area contributed by atoms with E-state index in [-0.39, 0.29) is 0 Å². The van der Waals surface area contributed by atoms with Gasteiger partial charge in [-0.25, -0.2) is 0 Å². The zero-order valence-corrected chi connectivity index (χ0v) is 7.96. The zero-order chi connectivity index (χ0) is 8.41. The molecule has 0 rings (SSSR count). The Bertz CT molecular complexity index is 99.8. The van der Waals surface area contributed by atoms with Gasteiger partial charge >= 0.3 is 0 Å². The number of hydrogen-bond acceptors (Lipinski definition) is 2. The van der Waals surface area contributed by atoms with Crippen LogP contribution in [0, 0.1) is 0 Å². The van der Waals surface area contributed by atoms with Crippen LogP contribution < -0.4 is 5.32 Å². The van der Waals surface area contributed by atoms with Crippen molar-refractivity contribution >= 4 is 16.9 Å². The van der Waals surface area contributed by atoms with E-state index in [0.717, 1.165) is 5.17 Å². The molecule has 1 N–H and O–H groups in total. The van der Waals surface area contributed by atoms with Gasteiger partial charge in [-0.2, -0.15) is 0 Å². The maximum absolute atomic E-state index is 3.89. The van der Waals surface area contributed by atoms with E-state index in [1.807, 2.05) is 20.9 Å². The van der Waals surface area contributed by atoms with Crippen molar-refractivity contribution < 1.29 is 0 Å². The van der Waals surface area contributed by atoms with Crippen LogP contribution in [0.4, 0.5) is 0 Å². The molecule has 2 nitrogen and oxygen atoms in total. The summed E-state index contributed by atoms with van der Waals surface area (Å²) < 4.78 is 0. The third-order valence-corrected chi connectivity index (χ3v) is 1.39. The fourth-order valence-corrected chi connectivity index (χ4v) is 0.683. The second kappa shape index (κ2) is 11.4. The van der Waals surface area contributed by atoms with Crippen LogP contribution in [-0.2, 0) is 0 Å². The first-order valence-corrected chi connectivity index (χ1v) is 4.15. The summed E-state index contributed by atoms with van der Waals surface area (Å²) in [4.78, 5) is 3.89. The van der Waals surface area contributed by atoms with Gasteiger partial charge in [0, 0.05) is 14.1 Å². The smallest absolute Gasteiger partial charge is 0.160 e. The molecule has 0 unspecified atom stereocenters. The highest BCUT2D eigenvalue weighted by Gasteiger charge is 1.85. The molecule has 0 spiro atoms. The average Bonchev–Trinajstić information content (AvgIpc) is 2.04. The summed E-state index contributed by atoms with van der Waals surface area (Å²) in [5, 5.41) is 5.52. The molecule has 0 fully saturated rings. The quantitative estimate of drug-likeness (QED) is 0.469. The predicted octanol–water partition coefficient (Wildman–Crippen LogP) is 2.09. The maximum atomic E-state index is 3.89. The first kappa shape index (κ1) is 12.3. The van der Waals surface area contributed by atoms with Crippen molar-refractivity contribution in [3.8, 4) is 0 Å². The summed E-state index contributed by atoms with van der Waals surface area (Å²) in [5.41, 5.74) is 0. The molecule has 0 amide bonds. The second-order valence-electron chi connectivity index (χ2n) is 1.06. The summed E-state index contributed by atoms with van der Waals surface area (Å²) in [6, 6.07) is 0. The van der Waals surface area contributed by atoms with Crippen molar-refractivity contribution in [3.63, 3.8) is 0 Å². The first-order chi connectivity index (χ1) is 4.85. The second-order valence-corrected chi connectivity index (χ2v) is 2.02. The Hall–Kier alpha value is -0.440. The average molecular weight is 160 g/mol. The minimum atomic E-state index is 0.889. The van der Waals surface area contributed by atoms with Crippen molar-refractivity contribution in [2.75, 3.05) is 14.1 Å². The highest BCUT2D eigenvalue weighted by molar-refractivity contribution is 8.16. The van der Waals surface area contributed by atoms with E-state index in [0.29, 0.717) is 0 Å². The molecule has 10 heavy (non-hydrogen) atoms. The summed E-state index contributed by atoms with van der Waals surface area (Å²) >= 11 is 1.48. The van der Waals surface area contributed by atoms with Gasteiger partial charge in [0.1, 0.15) is 0 Å². The molecule has 0 atom stereocenters. The molecule has 0 saturated heterocycles. The van der Waals surface area contributed by atoms with Gasteiger partial charge in [0.05, 0.1) is 0 Å². The van der Waals surface area contributed by atoms with Crippen LogP contribution in [0.3, 0.4) is 0 Å². The van der Waals surface area contributed by atoms with Crippen molar-refractivity contribution in [2.45, 2.75) is 13.8 Å². The van der Waals surface area contributed by atoms with Crippen LogP contribution in [0.1, 0.15) is 13.8 Å². The topological polar surface area (TPSA) is 24.4 Å². The number of nitrogens with one attached hydrogen (secondary N) is 1. The molecule has 0 heterocycles. The SMILES string of the molecule is C=CSC(=NC)NC.CC. The van der Waals surface area contributed by atoms with Crippen LogP contribution in [0.2, 0.25) is 0 Å². The Morgan fingerprint density at radius 1 is 1.60 bits per heavy atom. The van der Waals surface area contributed by atoms with Gasteiger partial charge in [0.2, 0.25) is 0 Å². The van der Waals surface area contributed by atoms with E-state index in [2.05, 4.69) is 16.9 Å². The largest absolute Gasteiger partial charge is 0.368 e. The van der Waals surface area contributed by atoms with Gasteiger partial charge in [-0.05, 0) is 5.41 Å². The third kappa shape index (κ3) is 7.56. The molecule has 0 aromatic heterocycles. The Labute approximate surface area is 67.8 Å². The highest BCUT2D eigenvalue weighted by Crippen LogP contribution is 1.99. The molecule has 0 aliphatic rings. The summed E-state index contributed by atoms with van der Waals surface area (Å²) in [5.74, 6) is 0. The van der Waals surface area contributed by atoms with Crippen LogP contribution in [0.15, 0.2) is 17.0 Å². The lowest BCUT2D eigenvalue weighted by atomic mass is 11.0. The summed E-state index contributed by atoms with van der Waals surface area (Å²) in [6.45, 7) is 7.54. The van der Waals surface area contributed by atoms with Gasteiger partial charge < -0.3 is 5.32 Å². The molecular formula is C7H16N2S. The van der Waals surface area contributed by atoms with Gasteiger partial charge in [0.15, 0.2) is 5.17 Å². The number of rotatable bonds is 1. The van der Waals surface area contributed by atoms with Gasteiger partial charge in [0.25, 0.3) is 0 Å². The van der Waals surface area contributed by atoms with Gasteiger partial charge in [-0.3, -0.25) is 4.99 Å². The Morgan fingerprint density at radius 3 is 2.20 bits per heavy atom. The number of hydrogen-bond donors (Lipinski definition) is 1. The molecule has 0 aromatic rings. The number of aliphatic imine (C=N–C) groups is 1. The molecular weight excluding hydrogens is 144 g/mol. The van der Waals surface area contributed by atoms with Gasteiger partial charge in [-0.15, -0.1) is 0 Å². The first-order valence-electron chi connectivity index (χ1n) is 3.27. The minimum Gasteiger partial charge on any atom is -0.368 e. The molecule has 0 aromatic carbocycles. The molecule has 60 valence electrons. The Kier molecular flexibility index (Phi) is 13.9. The van der Waals surface area contributed by atoms with Crippen LogP contribution >= 0.6 is 11.8 Å². The standard InChI is InChI=1S/C5H10N2S.C2H6/c1-4-8-5(6-2)7-3;1-2/h4H,1H2,2-3H3,(H,6,7);1-2H3. The third-order valence-electron chi connectivity index (χ3n) is 0.612. The zero-order valence-electron chi connectivity index (χ0n) is 7.14. The van der Waals surface area contributed by atoms with E-state index in [9.17, 15) is 0 Å². The summed E-state index contributed by atoms with van der Waals surface area (Å²) in [6.07, 6.45) is 0. The molecule has 0 bridgehead atoms. The van der Waals surface area contributed by atoms with Crippen molar-refractivity contribution in [1.82, 2.24) is 5.32 Å². The highest BCUT2D eigenvalue weighted by atomic mass is 32.2.